The van der Waals surface area contributed by atoms with Crippen molar-refractivity contribution in [2.75, 3.05) is 18.5 Å². The number of benzene rings is 2. The molecule has 1 aliphatic heterocycles. The average molecular weight is 556 g/mol. The zero-order valence-corrected chi connectivity index (χ0v) is 21.7. The molecule has 1 saturated carbocycles. The van der Waals surface area contributed by atoms with Gasteiger partial charge in [-0.2, -0.15) is 13.2 Å². The molecule has 12 heteroatoms. The quantitative estimate of drug-likeness (QED) is 0.390. The van der Waals surface area contributed by atoms with Crippen molar-refractivity contribution in [3.05, 3.63) is 58.9 Å². The molecular formula is C26H29F4N3O4S. The second-order valence-corrected chi connectivity index (χ2v) is 12.1. The Kier molecular flexibility index (Phi) is 7.48. The first-order valence-corrected chi connectivity index (χ1v) is 14.2. The molecule has 2 amide bonds. The molecule has 3 atom stereocenters. The van der Waals surface area contributed by atoms with Gasteiger partial charge in [0.1, 0.15) is 11.9 Å². The second kappa shape index (κ2) is 10.2. The molecule has 0 spiro atoms. The van der Waals surface area contributed by atoms with Crippen LogP contribution < -0.4 is 11.1 Å². The fourth-order valence-electron chi connectivity index (χ4n) is 4.88. The van der Waals surface area contributed by atoms with E-state index in [2.05, 4.69) is 5.32 Å². The molecule has 1 aliphatic carbocycles. The summed E-state index contributed by atoms with van der Waals surface area (Å²) in [7, 11) is -3.62. The van der Waals surface area contributed by atoms with Crippen molar-refractivity contribution in [1.29, 1.82) is 0 Å². The highest BCUT2D eigenvalue weighted by Crippen LogP contribution is 2.43. The number of halogens is 4. The van der Waals surface area contributed by atoms with Crippen LogP contribution in [0.1, 0.15) is 60.1 Å². The fraction of sp³-hybridized carbons (Fsp3) is 0.462. The number of nitrogens with two attached hydrogens (primary N) is 1. The fourth-order valence-corrected chi connectivity index (χ4v) is 5.53. The normalized spacial score (nSPS) is 20.8. The van der Waals surface area contributed by atoms with Gasteiger partial charge in [-0.05, 0) is 61.4 Å². The van der Waals surface area contributed by atoms with E-state index in [-0.39, 0.29) is 40.1 Å². The van der Waals surface area contributed by atoms with Crippen molar-refractivity contribution < 1.29 is 35.6 Å². The Balaban J connectivity index is 1.61. The van der Waals surface area contributed by atoms with Gasteiger partial charge < -0.3 is 16.0 Å². The van der Waals surface area contributed by atoms with Crippen molar-refractivity contribution in [2.24, 2.45) is 11.8 Å². The zero-order valence-electron chi connectivity index (χ0n) is 20.9. The van der Waals surface area contributed by atoms with Gasteiger partial charge in [-0.15, -0.1) is 0 Å². The lowest BCUT2D eigenvalue weighted by Crippen LogP contribution is -2.47. The minimum atomic E-state index is -4.70. The number of nitrogen functional groups attached to an aromatic ring is 1. The molecule has 1 saturated heterocycles. The lowest BCUT2D eigenvalue weighted by molar-refractivity contribution is -0.137. The maximum absolute atomic E-state index is 14.8. The van der Waals surface area contributed by atoms with Crippen LogP contribution >= 0.6 is 0 Å². The summed E-state index contributed by atoms with van der Waals surface area (Å²) in [5, 5.41) is 2.79. The summed E-state index contributed by atoms with van der Waals surface area (Å²) in [6.07, 6.45) is -1.35. The lowest BCUT2D eigenvalue weighted by atomic mass is 9.98. The molecule has 2 fully saturated rings. The van der Waals surface area contributed by atoms with Crippen molar-refractivity contribution in [3.63, 3.8) is 0 Å². The summed E-state index contributed by atoms with van der Waals surface area (Å²) >= 11 is 0. The molecule has 1 unspecified atom stereocenters. The predicted molar refractivity (Wildman–Crippen MR) is 132 cm³/mol. The third kappa shape index (κ3) is 5.79. The third-order valence-corrected chi connectivity index (χ3v) is 8.38. The Morgan fingerprint density at radius 2 is 1.84 bits per heavy atom. The number of anilines is 1. The topological polar surface area (TPSA) is 110 Å². The van der Waals surface area contributed by atoms with Crippen LogP contribution in [0.3, 0.4) is 0 Å². The molecule has 3 N–H and O–H groups in total. The Hall–Kier alpha value is -3.15. The minimum absolute atomic E-state index is 0.0174. The predicted octanol–water partition coefficient (Wildman–Crippen LogP) is 4.34. The monoisotopic (exact) mass is 555 g/mol. The van der Waals surface area contributed by atoms with Crippen LogP contribution in [0, 0.1) is 17.7 Å². The highest BCUT2D eigenvalue weighted by molar-refractivity contribution is 7.90. The minimum Gasteiger partial charge on any atom is -0.398 e. The van der Waals surface area contributed by atoms with Crippen LogP contribution in [-0.4, -0.2) is 44.0 Å². The van der Waals surface area contributed by atoms with Gasteiger partial charge in [0.2, 0.25) is 5.91 Å². The lowest BCUT2D eigenvalue weighted by Gasteiger charge is -2.27. The SMILES string of the molecule is CC[C@@H]1C[C@H](C(=O)NC(c2ccc(C(F)(F)F)cc2F)C2CC2)N(C(=O)c2cc(S(C)(=O)=O)ccc2N)C1. The summed E-state index contributed by atoms with van der Waals surface area (Å²) in [5.41, 5.74) is 4.84. The number of carbonyl (C=O) groups is 2. The van der Waals surface area contributed by atoms with E-state index in [9.17, 15) is 35.6 Å². The van der Waals surface area contributed by atoms with E-state index in [4.69, 9.17) is 5.73 Å². The second-order valence-electron chi connectivity index (χ2n) is 10.1. The number of amides is 2. The van der Waals surface area contributed by atoms with Crippen LogP contribution in [0.5, 0.6) is 0 Å². The number of sulfone groups is 1. The first-order chi connectivity index (χ1) is 17.7. The van der Waals surface area contributed by atoms with E-state index in [1.807, 2.05) is 6.92 Å². The van der Waals surface area contributed by atoms with Crippen molar-refractivity contribution in [3.8, 4) is 0 Å². The van der Waals surface area contributed by atoms with Gasteiger partial charge in [-0.25, -0.2) is 12.8 Å². The molecule has 2 aromatic rings. The van der Waals surface area contributed by atoms with Crippen molar-refractivity contribution in [1.82, 2.24) is 10.2 Å². The third-order valence-electron chi connectivity index (χ3n) is 7.27. The van der Waals surface area contributed by atoms with E-state index < -0.39 is 51.3 Å². The Labute approximate surface area is 218 Å². The van der Waals surface area contributed by atoms with Crippen LogP contribution in [0.25, 0.3) is 0 Å². The summed E-state index contributed by atoms with van der Waals surface area (Å²) in [5.74, 6) is -2.37. The van der Waals surface area contributed by atoms with Crippen LogP contribution in [0.2, 0.25) is 0 Å². The summed E-state index contributed by atoms with van der Waals surface area (Å²) in [4.78, 5) is 28.3. The Morgan fingerprint density at radius 1 is 1.16 bits per heavy atom. The van der Waals surface area contributed by atoms with Gasteiger partial charge in [0.15, 0.2) is 9.84 Å². The Morgan fingerprint density at radius 3 is 2.39 bits per heavy atom. The molecule has 7 nitrogen and oxygen atoms in total. The molecule has 0 aromatic heterocycles. The van der Waals surface area contributed by atoms with Crippen LogP contribution in [0.15, 0.2) is 41.3 Å². The molecule has 1 heterocycles. The zero-order chi connectivity index (χ0) is 28.0. The number of rotatable bonds is 7. The number of nitrogens with zero attached hydrogens (tertiary/aromatic N) is 1. The van der Waals surface area contributed by atoms with Crippen molar-refractivity contribution >= 4 is 27.3 Å². The molecule has 0 bridgehead atoms. The number of carbonyl (C=O) groups excluding carboxylic acids is 2. The number of nitrogens with one attached hydrogen (secondary N) is 1. The van der Waals surface area contributed by atoms with Gasteiger partial charge in [-0.3, -0.25) is 9.59 Å². The van der Waals surface area contributed by atoms with E-state index in [1.165, 1.54) is 23.1 Å². The van der Waals surface area contributed by atoms with Gasteiger partial charge in [0.25, 0.3) is 5.91 Å². The first-order valence-electron chi connectivity index (χ1n) is 12.3. The van der Waals surface area contributed by atoms with E-state index in [0.29, 0.717) is 31.7 Å². The van der Waals surface area contributed by atoms with E-state index in [1.54, 1.807) is 0 Å². The van der Waals surface area contributed by atoms with Crippen LogP contribution in [0.4, 0.5) is 23.2 Å². The standard InChI is InChI=1S/C26H29F4N3O4S/c1-3-14-10-22(33(13-14)25(35)19-12-17(38(2,36)37)7-9-21(19)31)24(34)32-23(15-4-5-15)18-8-6-16(11-20(18)27)26(28,29)30/h6-9,11-12,14-15,22-23H,3-5,10,13,31H2,1-2H3,(H,32,34)/t14-,22-,23?/m1/s1. The largest absolute Gasteiger partial charge is 0.416 e. The Bertz CT molecular complexity index is 1360. The molecule has 4 rings (SSSR count). The first kappa shape index (κ1) is 27.9. The maximum atomic E-state index is 14.8. The number of likely N-dealkylation sites (tertiary alicyclic amines) is 1. The molecule has 206 valence electrons. The summed E-state index contributed by atoms with van der Waals surface area (Å²) in [6, 6.07) is 4.28. The van der Waals surface area contributed by atoms with Gasteiger partial charge in [0.05, 0.1) is 22.1 Å². The highest BCUT2D eigenvalue weighted by atomic mass is 32.2. The van der Waals surface area contributed by atoms with Gasteiger partial charge in [0, 0.05) is 24.1 Å². The van der Waals surface area contributed by atoms with Crippen LogP contribution in [-0.2, 0) is 20.8 Å². The molecular weight excluding hydrogens is 526 g/mol. The number of hydrogen-bond acceptors (Lipinski definition) is 5. The van der Waals surface area contributed by atoms with Gasteiger partial charge >= 0.3 is 6.18 Å². The smallest absolute Gasteiger partial charge is 0.398 e. The maximum Gasteiger partial charge on any atom is 0.416 e. The summed E-state index contributed by atoms with van der Waals surface area (Å²) in [6.45, 7) is 2.15. The molecule has 0 radical (unpaired) electrons. The van der Waals surface area contributed by atoms with E-state index in [0.717, 1.165) is 18.4 Å². The average Bonchev–Trinajstić information content (AvgIpc) is 3.58. The number of alkyl halides is 3. The highest BCUT2D eigenvalue weighted by Gasteiger charge is 2.43. The van der Waals surface area contributed by atoms with E-state index >= 15 is 0 Å². The van der Waals surface area contributed by atoms with Crippen molar-refractivity contribution in [2.45, 2.75) is 55.8 Å². The summed E-state index contributed by atoms with van der Waals surface area (Å²) < 4.78 is 77.9. The molecule has 2 aliphatic rings. The molecule has 2 aromatic carbocycles. The molecule has 38 heavy (non-hydrogen) atoms. The number of hydrogen-bond donors (Lipinski definition) is 2. The van der Waals surface area contributed by atoms with Gasteiger partial charge in [-0.1, -0.05) is 19.4 Å².